The van der Waals surface area contributed by atoms with Crippen LogP contribution in [0.15, 0.2) is 49.6 Å². The second-order valence-corrected chi connectivity index (χ2v) is 3.79. The molecule has 0 radical (unpaired) electrons. The zero-order valence-corrected chi connectivity index (χ0v) is 9.87. The van der Waals surface area contributed by atoms with Crippen LogP contribution in [0.4, 0.5) is 5.95 Å². The summed E-state index contributed by atoms with van der Waals surface area (Å²) in [5, 5.41) is 3.21. The predicted octanol–water partition coefficient (Wildman–Crippen LogP) is 2.49. The van der Waals surface area contributed by atoms with Gasteiger partial charge in [0.25, 0.3) is 0 Å². The van der Waals surface area contributed by atoms with Crippen LogP contribution in [0.2, 0.25) is 0 Å². The lowest BCUT2D eigenvalue weighted by Gasteiger charge is -2.16. The third kappa shape index (κ3) is 2.53. The van der Waals surface area contributed by atoms with Gasteiger partial charge >= 0.3 is 0 Å². The van der Waals surface area contributed by atoms with Crippen LogP contribution >= 0.6 is 0 Å². The topological polar surface area (TPSA) is 42.7 Å². The van der Waals surface area contributed by atoms with E-state index in [4.69, 9.17) is 0 Å². The van der Waals surface area contributed by atoms with E-state index in [0.29, 0.717) is 6.54 Å². The van der Waals surface area contributed by atoms with Gasteiger partial charge in [0.05, 0.1) is 6.04 Å². The Labute approximate surface area is 101 Å². The third-order valence-corrected chi connectivity index (χ3v) is 2.66. The average molecular weight is 228 g/mol. The van der Waals surface area contributed by atoms with Crippen molar-refractivity contribution in [1.82, 2.24) is 14.5 Å². The minimum atomic E-state index is 0.207. The first kappa shape index (κ1) is 11.4. The highest BCUT2D eigenvalue weighted by Crippen LogP contribution is 2.20. The molecule has 17 heavy (non-hydrogen) atoms. The second-order valence-electron chi connectivity index (χ2n) is 3.79. The first-order chi connectivity index (χ1) is 8.33. The number of anilines is 1. The van der Waals surface area contributed by atoms with Crippen molar-refractivity contribution in [2.75, 3.05) is 11.9 Å². The molecule has 2 aromatic heterocycles. The van der Waals surface area contributed by atoms with Gasteiger partial charge in [0, 0.05) is 31.3 Å². The minimum Gasteiger partial charge on any atom is -0.352 e. The number of hydrogen-bond acceptors (Lipinski definition) is 3. The average Bonchev–Trinajstić information content (AvgIpc) is 2.84. The normalized spacial score (nSPS) is 12.1. The molecule has 2 rings (SSSR count). The Bertz CT molecular complexity index is 475. The van der Waals surface area contributed by atoms with E-state index < -0.39 is 0 Å². The molecule has 0 fully saturated rings. The van der Waals surface area contributed by atoms with E-state index in [2.05, 4.69) is 39.4 Å². The fourth-order valence-electron chi connectivity index (χ4n) is 1.71. The lowest BCUT2D eigenvalue weighted by atomic mass is 10.1. The molecule has 0 saturated heterocycles. The molecule has 1 unspecified atom stereocenters. The Kier molecular flexibility index (Phi) is 3.55. The van der Waals surface area contributed by atoms with Crippen LogP contribution in [-0.2, 0) is 0 Å². The van der Waals surface area contributed by atoms with Crippen LogP contribution in [0.5, 0.6) is 0 Å². The van der Waals surface area contributed by atoms with Gasteiger partial charge in [0.2, 0.25) is 5.95 Å². The van der Waals surface area contributed by atoms with Gasteiger partial charge in [-0.3, -0.25) is 4.98 Å². The molecule has 0 aliphatic rings. The maximum atomic E-state index is 4.28. The number of nitrogens with one attached hydrogen (secondary N) is 1. The summed E-state index contributed by atoms with van der Waals surface area (Å²) in [6, 6.07) is 4.22. The predicted molar refractivity (Wildman–Crippen MR) is 69.0 cm³/mol. The van der Waals surface area contributed by atoms with Crippen LogP contribution in [0.25, 0.3) is 0 Å². The molecule has 0 aliphatic heterocycles. The fraction of sp³-hybridized carbons (Fsp3) is 0.231. The van der Waals surface area contributed by atoms with Gasteiger partial charge in [0.1, 0.15) is 0 Å². The first-order valence-corrected chi connectivity index (χ1v) is 5.60. The molecule has 0 spiro atoms. The van der Waals surface area contributed by atoms with E-state index in [1.165, 1.54) is 0 Å². The van der Waals surface area contributed by atoms with E-state index in [9.17, 15) is 0 Å². The van der Waals surface area contributed by atoms with Gasteiger partial charge in [0.15, 0.2) is 0 Å². The molecule has 0 bridgehead atoms. The molecule has 4 nitrogen and oxygen atoms in total. The molecule has 1 atom stereocenters. The monoisotopic (exact) mass is 228 g/mol. The van der Waals surface area contributed by atoms with Crippen LogP contribution in [0, 0.1) is 0 Å². The van der Waals surface area contributed by atoms with Crippen LogP contribution < -0.4 is 5.32 Å². The van der Waals surface area contributed by atoms with Gasteiger partial charge in [-0.1, -0.05) is 12.1 Å². The molecular formula is C13H16N4. The molecule has 0 saturated carbocycles. The summed E-state index contributed by atoms with van der Waals surface area (Å²) in [7, 11) is 0. The summed E-state index contributed by atoms with van der Waals surface area (Å²) >= 11 is 0. The number of nitrogens with zero attached hydrogens (tertiary/aromatic N) is 3. The molecule has 4 heteroatoms. The molecule has 2 aromatic rings. The lowest BCUT2D eigenvalue weighted by Crippen LogP contribution is -2.11. The molecule has 0 amide bonds. The number of rotatable bonds is 5. The summed E-state index contributed by atoms with van der Waals surface area (Å²) < 4.78 is 2.08. The number of aromatic nitrogens is 3. The van der Waals surface area contributed by atoms with Gasteiger partial charge < -0.3 is 9.88 Å². The quantitative estimate of drug-likeness (QED) is 0.799. The van der Waals surface area contributed by atoms with E-state index in [1.54, 1.807) is 12.4 Å². The summed E-state index contributed by atoms with van der Waals surface area (Å²) in [6.45, 7) is 6.51. The number of hydrogen-bond donors (Lipinski definition) is 1. The summed E-state index contributed by atoms with van der Waals surface area (Å²) in [6.07, 6.45) is 9.22. The molecule has 88 valence electrons. The van der Waals surface area contributed by atoms with Crippen molar-refractivity contribution in [1.29, 1.82) is 0 Å². The second kappa shape index (κ2) is 5.30. The highest BCUT2D eigenvalue weighted by Gasteiger charge is 2.11. The molecule has 2 heterocycles. The number of imidazole rings is 1. The van der Waals surface area contributed by atoms with Crippen molar-refractivity contribution in [2.45, 2.75) is 13.0 Å². The largest absolute Gasteiger partial charge is 0.352 e. The first-order valence-electron chi connectivity index (χ1n) is 5.60. The summed E-state index contributed by atoms with van der Waals surface area (Å²) in [5.74, 6) is 0.848. The Balaban J connectivity index is 2.22. The zero-order valence-electron chi connectivity index (χ0n) is 9.87. The van der Waals surface area contributed by atoms with E-state index in [0.717, 1.165) is 11.5 Å². The lowest BCUT2D eigenvalue weighted by molar-refractivity contribution is 0.642. The molecular weight excluding hydrogens is 212 g/mol. The van der Waals surface area contributed by atoms with Crippen LogP contribution in [0.3, 0.4) is 0 Å². The van der Waals surface area contributed by atoms with Gasteiger partial charge in [-0.25, -0.2) is 4.98 Å². The van der Waals surface area contributed by atoms with Crippen molar-refractivity contribution in [3.63, 3.8) is 0 Å². The highest BCUT2D eigenvalue weighted by molar-refractivity contribution is 5.30. The Hall–Kier alpha value is -2.10. The Morgan fingerprint density at radius 2 is 2.41 bits per heavy atom. The van der Waals surface area contributed by atoms with Gasteiger partial charge in [-0.2, -0.15) is 0 Å². The smallest absolute Gasteiger partial charge is 0.203 e. The van der Waals surface area contributed by atoms with Crippen molar-refractivity contribution in [2.24, 2.45) is 0 Å². The molecule has 0 aliphatic carbocycles. The van der Waals surface area contributed by atoms with E-state index in [1.807, 2.05) is 24.5 Å². The SMILES string of the molecule is C=CCNc1nccn1C(C)c1cccnc1. The van der Waals surface area contributed by atoms with Gasteiger partial charge in [-0.15, -0.1) is 6.58 Å². The maximum Gasteiger partial charge on any atom is 0.203 e. The minimum absolute atomic E-state index is 0.207. The summed E-state index contributed by atoms with van der Waals surface area (Å²) in [5.41, 5.74) is 1.16. The van der Waals surface area contributed by atoms with Crippen molar-refractivity contribution in [3.05, 3.63) is 55.1 Å². The number of pyridine rings is 1. The van der Waals surface area contributed by atoms with Crippen LogP contribution in [0.1, 0.15) is 18.5 Å². The van der Waals surface area contributed by atoms with E-state index >= 15 is 0 Å². The zero-order chi connectivity index (χ0) is 12.1. The molecule has 1 N–H and O–H groups in total. The van der Waals surface area contributed by atoms with Gasteiger partial charge in [-0.05, 0) is 18.6 Å². The van der Waals surface area contributed by atoms with Crippen molar-refractivity contribution >= 4 is 5.95 Å². The Morgan fingerprint density at radius 3 is 3.12 bits per heavy atom. The third-order valence-electron chi connectivity index (χ3n) is 2.66. The Morgan fingerprint density at radius 1 is 1.53 bits per heavy atom. The molecule has 0 aromatic carbocycles. The standard InChI is InChI=1S/C13H16N4/c1-3-6-15-13-16-8-9-17(13)11(2)12-5-4-7-14-10-12/h3-5,7-11H,1,6H2,2H3,(H,15,16). The fourth-order valence-corrected chi connectivity index (χ4v) is 1.71. The van der Waals surface area contributed by atoms with Crippen molar-refractivity contribution < 1.29 is 0 Å². The maximum absolute atomic E-state index is 4.28. The van der Waals surface area contributed by atoms with Crippen molar-refractivity contribution in [3.8, 4) is 0 Å². The highest BCUT2D eigenvalue weighted by atomic mass is 15.2. The summed E-state index contributed by atoms with van der Waals surface area (Å²) in [4.78, 5) is 8.42. The van der Waals surface area contributed by atoms with Crippen LogP contribution in [-0.4, -0.2) is 21.1 Å². The van der Waals surface area contributed by atoms with E-state index in [-0.39, 0.29) is 6.04 Å².